The minimum atomic E-state index is 0.464. The summed E-state index contributed by atoms with van der Waals surface area (Å²) in [7, 11) is 0. The van der Waals surface area contributed by atoms with Crippen LogP contribution in [0.5, 0.6) is 5.75 Å². The fourth-order valence-corrected chi connectivity index (χ4v) is 4.30. The molecule has 0 heterocycles. The molecule has 1 saturated carbocycles. The lowest BCUT2D eigenvalue weighted by Crippen LogP contribution is -2.30. The number of ether oxygens (including phenoxy) is 1. The van der Waals surface area contributed by atoms with E-state index in [-0.39, 0.29) is 0 Å². The van der Waals surface area contributed by atoms with Gasteiger partial charge >= 0.3 is 0 Å². The Morgan fingerprint density at radius 3 is 2.54 bits per heavy atom. The molecule has 1 aliphatic carbocycles. The number of nitrogens with one attached hydrogen (secondary N) is 1. The molecule has 1 fully saturated rings. The Kier molecular flexibility index (Phi) is 6.41. The zero-order chi connectivity index (χ0) is 19.3. The zero-order valence-corrected chi connectivity index (χ0v) is 17.4. The molecule has 2 nitrogen and oxygen atoms in total. The SMILES string of the molecule is Clc1ccc(COc2ccc3ccccc3c2CNC2CCCCC2)cc1Cl. The van der Waals surface area contributed by atoms with Gasteiger partial charge in [0.1, 0.15) is 12.4 Å². The van der Waals surface area contributed by atoms with E-state index in [9.17, 15) is 0 Å². The van der Waals surface area contributed by atoms with Crippen molar-refractivity contribution in [1.29, 1.82) is 0 Å². The van der Waals surface area contributed by atoms with Gasteiger partial charge in [0.25, 0.3) is 0 Å². The smallest absolute Gasteiger partial charge is 0.124 e. The fraction of sp³-hybridized carbons (Fsp3) is 0.333. The molecule has 4 rings (SSSR count). The average Bonchev–Trinajstić information content (AvgIpc) is 2.74. The summed E-state index contributed by atoms with van der Waals surface area (Å²) in [5, 5.41) is 7.37. The van der Waals surface area contributed by atoms with E-state index in [4.69, 9.17) is 27.9 Å². The number of halogens is 2. The van der Waals surface area contributed by atoms with Crippen molar-refractivity contribution in [2.75, 3.05) is 0 Å². The van der Waals surface area contributed by atoms with E-state index in [1.807, 2.05) is 18.2 Å². The Labute approximate surface area is 176 Å². The molecule has 3 aromatic rings. The Morgan fingerprint density at radius 1 is 0.893 bits per heavy atom. The first kappa shape index (κ1) is 19.6. The van der Waals surface area contributed by atoms with Crippen LogP contribution in [0.4, 0.5) is 0 Å². The molecule has 0 amide bonds. The summed E-state index contributed by atoms with van der Waals surface area (Å²) < 4.78 is 6.22. The van der Waals surface area contributed by atoms with E-state index in [0.29, 0.717) is 22.7 Å². The first-order valence-electron chi connectivity index (χ1n) is 10.0. The molecule has 0 saturated heterocycles. The van der Waals surface area contributed by atoms with Crippen molar-refractivity contribution < 1.29 is 4.74 Å². The molecule has 3 aromatic carbocycles. The van der Waals surface area contributed by atoms with Gasteiger partial charge in [-0.2, -0.15) is 0 Å². The highest BCUT2D eigenvalue weighted by atomic mass is 35.5. The number of benzene rings is 3. The maximum Gasteiger partial charge on any atom is 0.124 e. The number of rotatable bonds is 6. The third-order valence-corrected chi connectivity index (χ3v) is 6.29. The third-order valence-electron chi connectivity index (χ3n) is 5.55. The van der Waals surface area contributed by atoms with Crippen molar-refractivity contribution in [3.05, 3.63) is 75.8 Å². The highest BCUT2D eigenvalue weighted by Gasteiger charge is 2.15. The predicted molar refractivity (Wildman–Crippen MR) is 118 cm³/mol. The summed E-state index contributed by atoms with van der Waals surface area (Å²) in [4.78, 5) is 0. The minimum Gasteiger partial charge on any atom is -0.489 e. The van der Waals surface area contributed by atoms with Gasteiger partial charge in [-0.05, 0) is 47.4 Å². The average molecular weight is 414 g/mol. The molecule has 0 aliphatic heterocycles. The maximum absolute atomic E-state index is 6.22. The van der Waals surface area contributed by atoms with Gasteiger partial charge in [-0.3, -0.25) is 0 Å². The van der Waals surface area contributed by atoms with Crippen LogP contribution in [-0.2, 0) is 13.2 Å². The summed E-state index contributed by atoms with van der Waals surface area (Å²) in [5.41, 5.74) is 2.23. The molecule has 0 atom stereocenters. The van der Waals surface area contributed by atoms with Crippen molar-refractivity contribution >= 4 is 34.0 Å². The lowest BCUT2D eigenvalue weighted by molar-refractivity contribution is 0.300. The number of fused-ring (bicyclic) bond motifs is 1. The highest BCUT2D eigenvalue weighted by molar-refractivity contribution is 6.42. The number of hydrogen-bond donors (Lipinski definition) is 1. The Bertz CT molecular complexity index is 950. The standard InChI is InChI=1S/C24H25Cl2NO/c25-22-12-10-17(14-23(22)26)16-28-24-13-11-18-6-4-5-9-20(18)21(24)15-27-19-7-2-1-3-8-19/h4-6,9-14,19,27H,1-3,7-8,15-16H2. The molecule has 28 heavy (non-hydrogen) atoms. The van der Waals surface area contributed by atoms with E-state index in [0.717, 1.165) is 17.9 Å². The Hall–Kier alpha value is -1.74. The molecule has 0 bridgehead atoms. The van der Waals surface area contributed by atoms with Crippen LogP contribution in [0, 0.1) is 0 Å². The largest absolute Gasteiger partial charge is 0.489 e. The van der Waals surface area contributed by atoms with E-state index in [1.54, 1.807) is 0 Å². The topological polar surface area (TPSA) is 21.3 Å². The molecule has 1 aliphatic rings. The van der Waals surface area contributed by atoms with Crippen LogP contribution in [-0.4, -0.2) is 6.04 Å². The second-order valence-electron chi connectivity index (χ2n) is 7.52. The van der Waals surface area contributed by atoms with Gasteiger partial charge in [0.2, 0.25) is 0 Å². The quantitative estimate of drug-likeness (QED) is 0.463. The molecule has 0 aromatic heterocycles. The second kappa shape index (κ2) is 9.17. The molecule has 146 valence electrons. The Balaban J connectivity index is 1.56. The number of hydrogen-bond acceptors (Lipinski definition) is 2. The molecule has 4 heteroatoms. The third kappa shape index (κ3) is 4.63. The summed E-state index contributed by atoms with van der Waals surface area (Å²) in [6.45, 7) is 1.29. The predicted octanol–water partition coefficient (Wildman–Crippen LogP) is 7.15. The van der Waals surface area contributed by atoms with Crippen LogP contribution in [0.25, 0.3) is 10.8 Å². The van der Waals surface area contributed by atoms with Crippen LogP contribution < -0.4 is 10.1 Å². The first-order valence-corrected chi connectivity index (χ1v) is 10.8. The highest BCUT2D eigenvalue weighted by Crippen LogP contribution is 2.30. The first-order chi connectivity index (χ1) is 13.7. The van der Waals surface area contributed by atoms with Crippen molar-refractivity contribution in [2.24, 2.45) is 0 Å². The van der Waals surface area contributed by atoms with E-state index < -0.39 is 0 Å². The lowest BCUT2D eigenvalue weighted by Gasteiger charge is -2.24. The van der Waals surface area contributed by atoms with Crippen LogP contribution >= 0.6 is 23.2 Å². The normalized spacial score (nSPS) is 15.1. The van der Waals surface area contributed by atoms with Gasteiger partial charge in [0, 0.05) is 18.2 Å². The molecule has 0 radical (unpaired) electrons. The fourth-order valence-electron chi connectivity index (χ4n) is 3.98. The monoisotopic (exact) mass is 413 g/mol. The van der Waals surface area contributed by atoms with Crippen molar-refractivity contribution in [3.63, 3.8) is 0 Å². The van der Waals surface area contributed by atoms with Gasteiger partial charge in [-0.25, -0.2) is 0 Å². The van der Waals surface area contributed by atoms with Crippen LogP contribution in [0.3, 0.4) is 0 Å². The zero-order valence-electron chi connectivity index (χ0n) is 15.9. The minimum absolute atomic E-state index is 0.464. The molecule has 0 spiro atoms. The molecular weight excluding hydrogens is 389 g/mol. The van der Waals surface area contributed by atoms with Gasteiger partial charge in [0.05, 0.1) is 10.0 Å². The lowest BCUT2D eigenvalue weighted by atomic mass is 9.95. The van der Waals surface area contributed by atoms with Gasteiger partial charge in [0.15, 0.2) is 0 Å². The van der Waals surface area contributed by atoms with E-state index in [2.05, 4.69) is 41.7 Å². The molecular formula is C24H25Cl2NO. The second-order valence-corrected chi connectivity index (χ2v) is 8.33. The Morgan fingerprint density at radius 2 is 1.71 bits per heavy atom. The summed E-state index contributed by atoms with van der Waals surface area (Å²) in [6, 6.07) is 19.0. The molecule has 0 unspecified atom stereocenters. The van der Waals surface area contributed by atoms with Crippen molar-refractivity contribution in [2.45, 2.75) is 51.3 Å². The van der Waals surface area contributed by atoms with E-state index in [1.165, 1.54) is 48.4 Å². The van der Waals surface area contributed by atoms with Crippen LogP contribution in [0.1, 0.15) is 43.2 Å². The maximum atomic E-state index is 6.22. The van der Waals surface area contributed by atoms with Gasteiger partial charge in [-0.15, -0.1) is 0 Å². The van der Waals surface area contributed by atoms with E-state index >= 15 is 0 Å². The van der Waals surface area contributed by atoms with Gasteiger partial charge in [-0.1, -0.05) is 78.9 Å². The summed E-state index contributed by atoms with van der Waals surface area (Å²) >= 11 is 12.2. The van der Waals surface area contributed by atoms with Crippen LogP contribution in [0.2, 0.25) is 10.0 Å². The van der Waals surface area contributed by atoms with Gasteiger partial charge < -0.3 is 10.1 Å². The van der Waals surface area contributed by atoms with Crippen LogP contribution in [0.15, 0.2) is 54.6 Å². The van der Waals surface area contributed by atoms with Crippen molar-refractivity contribution in [1.82, 2.24) is 5.32 Å². The van der Waals surface area contributed by atoms with Crippen molar-refractivity contribution in [3.8, 4) is 5.75 Å². The molecule has 1 N–H and O–H groups in total. The summed E-state index contributed by atoms with van der Waals surface area (Å²) in [6.07, 6.45) is 6.56. The summed E-state index contributed by atoms with van der Waals surface area (Å²) in [5.74, 6) is 0.924.